The second-order valence-electron chi connectivity index (χ2n) is 3.09. The fourth-order valence-electron chi connectivity index (χ4n) is 1.35. The van der Waals surface area contributed by atoms with Crippen molar-refractivity contribution in [1.82, 2.24) is 5.32 Å². The number of benzene rings is 1. The molecule has 3 nitrogen and oxygen atoms in total. The first-order valence-corrected chi connectivity index (χ1v) is 4.41. The molecule has 1 rings (SSSR count). The second kappa shape index (κ2) is 4.84. The summed E-state index contributed by atoms with van der Waals surface area (Å²) in [7, 11) is 1.55. The number of alkyl halides is 2. The second-order valence-corrected chi connectivity index (χ2v) is 3.09. The van der Waals surface area contributed by atoms with Crippen molar-refractivity contribution in [2.45, 2.75) is 12.5 Å². The average molecular weight is 214 g/mol. The Morgan fingerprint density at radius 3 is 2.47 bits per heavy atom. The summed E-state index contributed by atoms with van der Waals surface area (Å²) in [6, 6.07) is 4.91. The third-order valence-corrected chi connectivity index (χ3v) is 2.07. The Labute approximate surface area is 86.3 Å². The highest BCUT2D eigenvalue weighted by molar-refractivity contribution is 5.81. The molecule has 15 heavy (non-hydrogen) atoms. The number of amides is 1. The molecule has 0 fully saturated rings. The molecule has 0 bridgehead atoms. The molecular formula is C10H12F2N2O. The normalized spacial score (nSPS) is 12.8. The van der Waals surface area contributed by atoms with E-state index in [1.165, 1.54) is 18.2 Å². The van der Waals surface area contributed by atoms with Gasteiger partial charge in [-0.15, -0.1) is 0 Å². The lowest BCUT2D eigenvalue weighted by molar-refractivity contribution is -0.120. The summed E-state index contributed by atoms with van der Waals surface area (Å²) in [5, 5.41) is 2.66. The predicted octanol–water partition coefficient (Wildman–Crippen LogP) is 1.37. The Balaban J connectivity index is 3.03. The third-order valence-electron chi connectivity index (χ3n) is 2.07. The van der Waals surface area contributed by atoms with Gasteiger partial charge >= 0.3 is 0 Å². The number of likely N-dealkylation sites (N-methyl/N-ethyl adjacent to an activating group) is 1. The van der Waals surface area contributed by atoms with Gasteiger partial charge in [-0.25, -0.2) is 8.78 Å². The van der Waals surface area contributed by atoms with E-state index >= 15 is 0 Å². The number of nitrogens with one attached hydrogen (secondary N) is 1. The molecule has 0 aromatic heterocycles. The SMILES string of the molecule is CNC(C(N)=O)c1cccc(C(F)F)c1. The lowest BCUT2D eigenvalue weighted by Crippen LogP contribution is -2.31. The first kappa shape index (κ1) is 11.6. The molecule has 1 atom stereocenters. The van der Waals surface area contributed by atoms with Gasteiger partial charge in [0.25, 0.3) is 6.43 Å². The first-order valence-electron chi connectivity index (χ1n) is 4.41. The largest absolute Gasteiger partial charge is 0.368 e. The van der Waals surface area contributed by atoms with E-state index in [0.29, 0.717) is 5.56 Å². The van der Waals surface area contributed by atoms with Gasteiger partial charge in [0, 0.05) is 5.56 Å². The zero-order valence-electron chi connectivity index (χ0n) is 8.21. The van der Waals surface area contributed by atoms with Crippen LogP contribution in [0.15, 0.2) is 24.3 Å². The lowest BCUT2D eigenvalue weighted by atomic mass is 10.0. The molecule has 0 heterocycles. The Morgan fingerprint density at radius 1 is 1.40 bits per heavy atom. The average Bonchev–Trinajstić information content (AvgIpc) is 2.18. The predicted molar refractivity (Wildman–Crippen MR) is 52.4 cm³/mol. The fraction of sp³-hybridized carbons (Fsp3) is 0.300. The minimum Gasteiger partial charge on any atom is -0.368 e. The van der Waals surface area contributed by atoms with E-state index in [-0.39, 0.29) is 5.56 Å². The summed E-state index contributed by atoms with van der Waals surface area (Å²) in [6.45, 7) is 0. The van der Waals surface area contributed by atoms with Gasteiger partial charge in [-0.3, -0.25) is 4.79 Å². The highest BCUT2D eigenvalue weighted by atomic mass is 19.3. The van der Waals surface area contributed by atoms with Crippen molar-refractivity contribution in [3.63, 3.8) is 0 Å². The first-order chi connectivity index (χ1) is 7.06. The van der Waals surface area contributed by atoms with Crippen molar-refractivity contribution >= 4 is 5.91 Å². The summed E-state index contributed by atoms with van der Waals surface area (Å²) in [5.74, 6) is -0.594. The molecule has 0 aliphatic heterocycles. The zero-order chi connectivity index (χ0) is 11.4. The number of hydrogen-bond donors (Lipinski definition) is 2. The Kier molecular flexibility index (Phi) is 3.74. The van der Waals surface area contributed by atoms with Gasteiger partial charge in [-0.05, 0) is 18.7 Å². The van der Waals surface area contributed by atoms with Crippen LogP contribution in [0.2, 0.25) is 0 Å². The van der Waals surface area contributed by atoms with Crippen molar-refractivity contribution in [3.05, 3.63) is 35.4 Å². The molecule has 1 unspecified atom stereocenters. The molecule has 3 N–H and O–H groups in total. The smallest absolute Gasteiger partial charge is 0.263 e. The Hall–Kier alpha value is -1.49. The summed E-state index contributed by atoms with van der Waals surface area (Å²) >= 11 is 0. The van der Waals surface area contributed by atoms with Crippen molar-refractivity contribution in [2.75, 3.05) is 7.05 Å². The highest BCUT2D eigenvalue weighted by Crippen LogP contribution is 2.22. The van der Waals surface area contributed by atoms with Crippen LogP contribution in [0.4, 0.5) is 8.78 Å². The minimum atomic E-state index is -2.55. The van der Waals surface area contributed by atoms with Gasteiger partial charge in [0.05, 0.1) is 0 Å². The summed E-state index contributed by atoms with van der Waals surface area (Å²) < 4.78 is 24.8. The minimum absolute atomic E-state index is 0.117. The molecule has 82 valence electrons. The number of rotatable bonds is 4. The lowest BCUT2D eigenvalue weighted by Gasteiger charge is -2.13. The molecule has 1 aromatic carbocycles. The van der Waals surface area contributed by atoms with E-state index in [2.05, 4.69) is 5.32 Å². The fourth-order valence-corrected chi connectivity index (χ4v) is 1.35. The summed E-state index contributed by atoms with van der Waals surface area (Å²) in [4.78, 5) is 11.0. The number of nitrogens with two attached hydrogens (primary N) is 1. The quantitative estimate of drug-likeness (QED) is 0.795. The highest BCUT2D eigenvalue weighted by Gasteiger charge is 2.17. The van der Waals surface area contributed by atoms with Crippen LogP contribution >= 0.6 is 0 Å². The molecular weight excluding hydrogens is 202 g/mol. The summed E-state index contributed by atoms with van der Waals surface area (Å²) in [6.07, 6.45) is -2.55. The van der Waals surface area contributed by atoms with Gasteiger partial charge in [0.15, 0.2) is 0 Å². The molecule has 5 heteroatoms. The van der Waals surface area contributed by atoms with Crippen molar-refractivity contribution in [3.8, 4) is 0 Å². The zero-order valence-corrected chi connectivity index (χ0v) is 8.21. The van der Waals surface area contributed by atoms with Crippen LogP contribution in [0.3, 0.4) is 0 Å². The van der Waals surface area contributed by atoms with E-state index in [1.54, 1.807) is 13.1 Å². The molecule has 0 spiro atoms. The monoisotopic (exact) mass is 214 g/mol. The van der Waals surface area contributed by atoms with E-state index in [1.807, 2.05) is 0 Å². The van der Waals surface area contributed by atoms with Crippen molar-refractivity contribution in [2.24, 2.45) is 5.73 Å². The molecule has 0 radical (unpaired) electrons. The van der Waals surface area contributed by atoms with Crippen LogP contribution in [-0.2, 0) is 4.79 Å². The van der Waals surface area contributed by atoms with Gasteiger partial charge < -0.3 is 11.1 Å². The van der Waals surface area contributed by atoms with Crippen LogP contribution in [0.1, 0.15) is 23.6 Å². The number of primary amides is 1. The summed E-state index contributed by atoms with van der Waals surface area (Å²) in [5.41, 5.74) is 5.45. The van der Waals surface area contributed by atoms with Gasteiger partial charge in [-0.2, -0.15) is 0 Å². The number of carbonyl (C=O) groups is 1. The Morgan fingerprint density at radius 2 is 2.00 bits per heavy atom. The molecule has 1 amide bonds. The number of carbonyl (C=O) groups excluding carboxylic acids is 1. The van der Waals surface area contributed by atoms with E-state index in [9.17, 15) is 13.6 Å². The standard InChI is InChI=1S/C10H12F2N2O/c1-14-8(10(13)15)6-3-2-4-7(5-6)9(11)12/h2-5,8-9,14H,1H3,(H2,13,15). The maximum Gasteiger partial charge on any atom is 0.263 e. The topological polar surface area (TPSA) is 55.1 Å². The van der Waals surface area contributed by atoms with Crippen LogP contribution in [0.25, 0.3) is 0 Å². The van der Waals surface area contributed by atoms with Gasteiger partial charge in [-0.1, -0.05) is 18.2 Å². The van der Waals surface area contributed by atoms with Crippen molar-refractivity contribution < 1.29 is 13.6 Å². The molecule has 1 aromatic rings. The van der Waals surface area contributed by atoms with Crippen LogP contribution in [-0.4, -0.2) is 13.0 Å². The molecule has 0 saturated carbocycles. The van der Waals surface area contributed by atoms with Crippen molar-refractivity contribution in [1.29, 1.82) is 0 Å². The Bertz CT molecular complexity index is 355. The van der Waals surface area contributed by atoms with E-state index in [0.717, 1.165) is 0 Å². The van der Waals surface area contributed by atoms with Crippen LogP contribution in [0, 0.1) is 0 Å². The maximum absolute atomic E-state index is 12.4. The third kappa shape index (κ3) is 2.73. The number of hydrogen-bond acceptors (Lipinski definition) is 2. The van der Waals surface area contributed by atoms with E-state index < -0.39 is 18.4 Å². The molecule has 0 saturated heterocycles. The van der Waals surface area contributed by atoms with Gasteiger partial charge in [0.1, 0.15) is 6.04 Å². The van der Waals surface area contributed by atoms with Crippen LogP contribution < -0.4 is 11.1 Å². The maximum atomic E-state index is 12.4. The van der Waals surface area contributed by atoms with E-state index in [4.69, 9.17) is 5.73 Å². The molecule has 0 aliphatic carbocycles. The molecule has 0 aliphatic rings. The van der Waals surface area contributed by atoms with Gasteiger partial charge in [0.2, 0.25) is 5.91 Å². The number of halogens is 2. The van der Waals surface area contributed by atoms with Crippen LogP contribution in [0.5, 0.6) is 0 Å².